The van der Waals surface area contributed by atoms with E-state index in [9.17, 15) is 4.39 Å². The molecule has 88 valence electrons. The Labute approximate surface area is 95.8 Å². The molecule has 0 saturated carbocycles. The average Bonchev–Trinajstić information content (AvgIpc) is 2.25. The number of hydrogen-bond acceptors (Lipinski definition) is 2. The second kappa shape index (κ2) is 4.83. The zero-order chi connectivity index (χ0) is 11.5. The van der Waals surface area contributed by atoms with E-state index in [0.29, 0.717) is 18.4 Å². The van der Waals surface area contributed by atoms with Gasteiger partial charge in [-0.15, -0.1) is 0 Å². The van der Waals surface area contributed by atoms with Crippen LogP contribution in [0.3, 0.4) is 0 Å². The summed E-state index contributed by atoms with van der Waals surface area (Å²) in [4.78, 5) is 0. The molecule has 1 aromatic carbocycles. The van der Waals surface area contributed by atoms with Gasteiger partial charge in [0.2, 0.25) is 0 Å². The van der Waals surface area contributed by atoms with E-state index in [1.165, 1.54) is 6.07 Å². The lowest BCUT2D eigenvalue weighted by molar-refractivity contribution is 0.228. The third kappa shape index (κ3) is 2.35. The van der Waals surface area contributed by atoms with E-state index in [-0.39, 0.29) is 5.82 Å². The molecule has 0 aliphatic carbocycles. The van der Waals surface area contributed by atoms with Crippen molar-refractivity contribution >= 4 is 0 Å². The Morgan fingerprint density at radius 1 is 1.50 bits per heavy atom. The summed E-state index contributed by atoms with van der Waals surface area (Å²) in [5.41, 5.74) is 1.94. The molecule has 0 bridgehead atoms. The molecule has 0 spiro atoms. The number of fused-ring (bicyclic) bond motifs is 1. The minimum Gasteiger partial charge on any atom is -0.489 e. The molecule has 2 rings (SSSR count). The van der Waals surface area contributed by atoms with Gasteiger partial charge in [-0.05, 0) is 43.5 Å². The molecule has 0 aromatic heterocycles. The van der Waals surface area contributed by atoms with Gasteiger partial charge in [-0.1, -0.05) is 13.0 Å². The van der Waals surface area contributed by atoms with Gasteiger partial charge in [0, 0.05) is 6.04 Å². The van der Waals surface area contributed by atoms with Crippen LogP contribution in [0.2, 0.25) is 0 Å². The lowest BCUT2D eigenvalue weighted by Gasteiger charge is -2.26. The van der Waals surface area contributed by atoms with Gasteiger partial charge >= 0.3 is 0 Å². The highest BCUT2D eigenvalue weighted by Gasteiger charge is 2.22. The fourth-order valence-corrected chi connectivity index (χ4v) is 2.10. The number of hydrogen-bond donors (Lipinski definition) is 1. The van der Waals surface area contributed by atoms with Crippen molar-refractivity contribution in [3.63, 3.8) is 0 Å². The summed E-state index contributed by atoms with van der Waals surface area (Å²) >= 11 is 0. The Balaban J connectivity index is 2.13. The molecule has 1 aliphatic heterocycles. The first-order valence-electron chi connectivity index (χ1n) is 5.86. The van der Waals surface area contributed by atoms with Gasteiger partial charge in [-0.3, -0.25) is 0 Å². The number of ether oxygens (including phenoxy) is 1. The molecule has 3 heteroatoms. The maximum Gasteiger partial charge on any atom is 0.165 e. The zero-order valence-electron chi connectivity index (χ0n) is 9.85. The predicted molar refractivity (Wildman–Crippen MR) is 62.4 cm³/mol. The summed E-state index contributed by atoms with van der Waals surface area (Å²) in [7, 11) is 0. The number of rotatable bonds is 3. The smallest absolute Gasteiger partial charge is 0.165 e. The van der Waals surface area contributed by atoms with Gasteiger partial charge in [-0.25, -0.2) is 4.39 Å². The highest BCUT2D eigenvalue weighted by Crippen LogP contribution is 2.29. The number of halogens is 1. The first-order valence-corrected chi connectivity index (χ1v) is 5.86. The third-order valence-corrected chi connectivity index (χ3v) is 2.84. The molecule has 0 amide bonds. The summed E-state index contributed by atoms with van der Waals surface area (Å²) in [6.07, 6.45) is 1.96. The molecule has 1 N–H and O–H groups in total. The van der Waals surface area contributed by atoms with Crippen LogP contribution in [0.5, 0.6) is 5.75 Å². The normalized spacial score (nSPS) is 19.1. The van der Waals surface area contributed by atoms with Crippen LogP contribution in [0.25, 0.3) is 0 Å². The standard InChI is InChI=1S/C13H18FNO/c1-3-4-15-11-7-10-5-9(2)6-12(14)13(10)16-8-11/h5-6,11,15H,3-4,7-8H2,1-2H3. The summed E-state index contributed by atoms with van der Waals surface area (Å²) in [6.45, 7) is 5.59. The Morgan fingerprint density at radius 3 is 3.06 bits per heavy atom. The summed E-state index contributed by atoms with van der Waals surface area (Å²) in [6, 6.07) is 3.85. The van der Waals surface area contributed by atoms with E-state index in [4.69, 9.17) is 4.74 Å². The van der Waals surface area contributed by atoms with Crippen LogP contribution >= 0.6 is 0 Å². The van der Waals surface area contributed by atoms with Crippen molar-refractivity contribution in [2.45, 2.75) is 32.7 Å². The Kier molecular flexibility index (Phi) is 3.44. The van der Waals surface area contributed by atoms with Crippen LogP contribution in [0, 0.1) is 12.7 Å². The van der Waals surface area contributed by atoms with E-state index in [1.54, 1.807) is 0 Å². The monoisotopic (exact) mass is 223 g/mol. The highest BCUT2D eigenvalue weighted by atomic mass is 19.1. The number of nitrogens with one attached hydrogen (secondary N) is 1. The van der Waals surface area contributed by atoms with E-state index in [2.05, 4.69) is 12.2 Å². The first kappa shape index (κ1) is 11.4. The van der Waals surface area contributed by atoms with Crippen LogP contribution in [-0.2, 0) is 6.42 Å². The van der Waals surface area contributed by atoms with Crippen LogP contribution < -0.4 is 10.1 Å². The van der Waals surface area contributed by atoms with Crippen LogP contribution in [0.15, 0.2) is 12.1 Å². The average molecular weight is 223 g/mol. The molecule has 0 fully saturated rings. The van der Waals surface area contributed by atoms with Gasteiger partial charge in [0.25, 0.3) is 0 Å². The molecule has 16 heavy (non-hydrogen) atoms. The molecule has 1 aliphatic rings. The quantitative estimate of drug-likeness (QED) is 0.849. The van der Waals surface area contributed by atoms with Crippen molar-refractivity contribution in [3.05, 3.63) is 29.1 Å². The van der Waals surface area contributed by atoms with Gasteiger partial charge in [0.1, 0.15) is 6.61 Å². The van der Waals surface area contributed by atoms with Gasteiger partial charge in [0.05, 0.1) is 0 Å². The SMILES string of the molecule is CCCNC1COc2c(F)cc(C)cc2C1. The Morgan fingerprint density at radius 2 is 2.31 bits per heavy atom. The van der Waals surface area contributed by atoms with Crippen molar-refractivity contribution in [2.24, 2.45) is 0 Å². The van der Waals surface area contributed by atoms with Gasteiger partial charge in [-0.2, -0.15) is 0 Å². The topological polar surface area (TPSA) is 21.3 Å². The fourth-order valence-electron chi connectivity index (χ4n) is 2.10. The van der Waals surface area contributed by atoms with E-state index >= 15 is 0 Å². The van der Waals surface area contributed by atoms with Crippen molar-refractivity contribution in [2.75, 3.05) is 13.2 Å². The largest absolute Gasteiger partial charge is 0.489 e. The summed E-state index contributed by atoms with van der Waals surface area (Å²) < 4.78 is 19.0. The minimum absolute atomic E-state index is 0.232. The maximum atomic E-state index is 13.6. The van der Waals surface area contributed by atoms with Gasteiger partial charge in [0.15, 0.2) is 11.6 Å². The molecule has 1 unspecified atom stereocenters. The van der Waals surface area contributed by atoms with Crippen molar-refractivity contribution in [1.82, 2.24) is 5.32 Å². The Bertz CT molecular complexity index is 378. The van der Waals surface area contributed by atoms with E-state index in [0.717, 1.165) is 30.5 Å². The first-order chi connectivity index (χ1) is 7.70. The van der Waals surface area contributed by atoms with E-state index < -0.39 is 0 Å². The molecule has 1 heterocycles. The van der Waals surface area contributed by atoms with Crippen LogP contribution in [-0.4, -0.2) is 19.2 Å². The fraction of sp³-hybridized carbons (Fsp3) is 0.538. The highest BCUT2D eigenvalue weighted by molar-refractivity contribution is 5.40. The molecule has 0 saturated heterocycles. The predicted octanol–water partition coefficient (Wildman–Crippen LogP) is 2.44. The number of benzene rings is 1. The maximum absolute atomic E-state index is 13.6. The zero-order valence-corrected chi connectivity index (χ0v) is 9.85. The van der Waals surface area contributed by atoms with Crippen molar-refractivity contribution in [3.8, 4) is 5.75 Å². The molecule has 2 nitrogen and oxygen atoms in total. The molecular weight excluding hydrogens is 205 g/mol. The molecule has 1 atom stereocenters. The van der Waals surface area contributed by atoms with Crippen molar-refractivity contribution < 1.29 is 9.13 Å². The summed E-state index contributed by atoms with van der Waals surface area (Å²) in [5.74, 6) is 0.212. The molecular formula is C13H18FNO. The third-order valence-electron chi connectivity index (χ3n) is 2.84. The summed E-state index contributed by atoms with van der Waals surface area (Å²) in [5, 5.41) is 3.40. The molecule has 0 radical (unpaired) electrons. The molecule has 1 aromatic rings. The van der Waals surface area contributed by atoms with Crippen LogP contribution in [0.1, 0.15) is 24.5 Å². The van der Waals surface area contributed by atoms with Gasteiger partial charge < -0.3 is 10.1 Å². The number of aryl methyl sites for hydroxylation is 1. The minimum atomic E-state index is -0.232. The second-order valence-corrected chi connectivity index (χ2v) is 4.40. The second-order valence-electron chi connectivity index (χ2n) is 4.40. The lowest BCUT2D eigenvalue weighted by Crippen LogP contribution is -2.39. The Hall–Kier alpha value is -1.09. The van der Waals surface area contributed by atoms with Crippen molar-refractivity contribution in [1.29, 1.82) is 0 Å². The van der Waals surface area contributed by atoms with Crippen LogP contribution in [0.4, 0.5) is 4.39 Å². The lowest BCUT2D eigenvalue weighted by atomic mass is 10.00. The van der Waals surface area contributed by atoms with E-state index in [1.807, 2.05) is 13.0 Å².